The molecule has 0 atom stereocenters. The molecular formula is C16H12BClFN2+. The van der Waals surface area contributed by atoms with Crippen LogP contribution in [0.2, 0.25) is 5.02 Å². The van der Waals surface area contributed by atoms with Gasteiger partial charge in [-0.05, 0) is 18.6 Å². The quantitative estimate of drug-likeness (QED) is 0.710. The van der Waals surface area contributed by atoms with Crippen LogP contribution >= 0.6 is 11.6 Å². The van der Waals surface area contributed by atoms with Crippen LogP contribution in [0.5, 0.6) is 0 Å². The van der Waals surface area contributed by atoms with Crippen molar-refractivity contribution in [2.45, 2.75) is 6.92 Å². The largest absolute Gasteiger partial charge is 0.846 e. The molecule has 5 heteroatoms. The zero-order valence-electron chi connectivity index (χ0n) is 11.4. The van der Waals surface area contributed by atoms with Crippen molar-refractivity contribution in [1.29, 1.82) is 0 Å². The maximum atomic E-state index is 14.6. The van der Waals surface area contributed by atoms with Gasteiger partial charge in [0.25, 0.3) is 0 Å². The Hall–Kier alpha value is -2.07. The summed E-state index contributed by atoms with van der Waals surface area (Å²) in [5.41, 5.74) is 4.93. The van der Waals surface area contributed by atoms with Gasteiger partial charge in [0.2, 0.25) is 0 Å². The van der Waals surface area contributed by atoms with E-state index in [9.17, 15) is 4.32 Å². The highest BCUT2D eigenvalue weighted by Gasteiger charge is 2.47. The minimum atomic E-state index is -1.26. The number of aromatic nitrogens is 1. The van der Waals surface area contributed by atoms with E-state index in [1.807, 2.05) is 18.2 Å². The molecule has 2 aliphatic heterocycles. The summed E-state index contributed by atoms with van der Waals surface area (Å²) in [6.07, 6.45) is 7.19. The molecule has 0 amide bonds. The minimum Gasteiger partial charge on any atom is -0.291 e. The fourth-order valence-electron chi connectivity index (χ4n) is 2.90. The Morgan fingerprint density at radius 3 is 2.76 bits per heavy atom. The Bertz CT molecular complexity index is 830. The second kappa shape index (κ2) is 4.47. The van der Waals surface area contributed by atoms with Gasteiger partial charge in [-0.1, -0.05) is 41.4 Å². The van der Waals surface area contributed by atoms with E-state index in [2.05, 4.69) is 31.2 Å². The highest BCUT2D eigenvalue weighted by molar-refractivity contribution is 6.43. The minimum absolute atomic E-state index is 0.544. The van der Waals surface area contributed by atoms with Crippen LogP contribution < -0.4 is 0 Å². The van der Waals surface area contributed by atoms with Gasteiger partial charge in [0.05, 0.1) is 16.3 Å². The number of allylic oxidation sites excluding steroid dienone is 2. The lowest BCUT2D eigenvalue weighted by Crippen LogP contribution is -2.37. The number of hydrogen-bond acceptors (Lipinski definition) is 0. The molecule has 0 aliphatic carbocycles. The van der Waals surface area contributed by atoms with Crippen molar-refractivity contribution in [1.82, 2.24) is 4.48 Å². The number of aryl methyl sites for hydroxylation is 1. The summed E-state index contributed by atoms with van der Waals surface area (Å²) in [7, 11) is -1.26. The summed E-state index contributed by atoms with van der Waals surface area (Å²) >= 11 is 6.09. The molecule has 2 aromatic rings. The first-order valence-electron chi connectivity index (χ1n) is 6.78. The molecule has 1 aromatic heterocycles. The first-order chi connectivity index (χ1) is 10.1. The van der Waals surface area contributed by atoms with Crippen LogP contribution in [0.4, 0.5) is 4.32 Å². The van der Waals surface area contributed by atoms with Crippen LogP contribution in [0.15, 0.2) is 54.4 Å². The van der Waals surface area contributed by atoms with Crippen molar-refractivity contribution in [3.63, 3.8) is 0 Å². The van der Waals surface area contributed by atoms with Gasteiger partial charge in [-0.2, -0.15) is 0 Å². The predicted octanol–water partition coefficient (Wildman–Crippen LogP) is 3.68. The lowest BCUT2D eigenvalue weighted by Gasteiger charge is -2.18. The van der Waals surface area contributed by atoms with Gasteiger partial charge in [-0.15, -0.1) is 0 Å². The number of halogens is 2. The molecule has 102 valence electrons. The SMILES string of the molecule is Cc1ccc(C2=C3C=CC=[N+]3B(F)n3cc(Cl)cc32)cc1. The van der Waals surface area contributed by atoms with E-state index in [0.29, 0.717) is 5.02 Å². The van der Waals surface area contributed by atoms with Crippen LogP contribution in [0.1, 0.15) is 16.8 Å². The monoisotopic (exact) mass is 297 g/mol. The molecule has 0 fully saturated rings. The number of nitrogens with zero attached hydrogens (tertiary/aromatic N) is 2. The van der Waals surface area contributed by atoms with E-state index in [-0.39, 0.29) is 0 Å². The maximum Gasteiger partial charge on any atom is 0.846 e. The number of benzene rings is 1. The van der Waals surface area contributed by atoms with Crippen LogP contribution in [0.3, 0.4) is 0 Å². The van der Waals surface area contributed by atoms with E-state index >= 15 is 0 Å². The molecule has 2 aliphatic rings. The fourth-order valence-corrected chi connectivity index (χ4v) is 3.10. The Labute approximate surface area is 127 Å². The summed E-state index contributed by atoms with van der Waals surface area (Å²) in [6.45, 7) is 2.05. The zero-order chi connectivity index (χ0) is 14.6. The van der Waals surface area contributed by atoms with Crippen molar-refractivity contribution in [2.24, 2.45) is 0 Å². The molecule has 2 nitrogen and oxygen atoms in total. The van der Waals surface area contributed by atoms with Gasteiger partial charge in [0, 0.05) is 18.3 Å². The van der Waals surface area contributed by atoms with Crippen molar-refractivity contribution in [3.8, 4) is 0 Å². The standard InChI is InChI=1S/C16H12BClFN2/c1-11-4-6-12(7-5-11)16-14-3-2-8-20(14)17(19)21-10-13(18)9-15(16)21/h2-10H,1H3/q+1. The van der Waals surface area contributed by atoms with E-state index in [0.717, 1.165) is 22.5 Å². The molecule has 0 saturated heterocycles. The van der Waals surface area contributed by atoms with Gasteiger partial charge in [-0.3, -0.25) is 4.48 Å². The second-order valence-electron chi connectivity index (χ2n) is 5.30. The van der Waals surface area contributed by atoms with Gasteiger partial charge in [0.1, 0.15) is 6.21 Å². The summed E-state index contributed by atoms with van der Waals surface area (Å²) in [6, 6.07) is 10.1. The first-order valence-corrected chi connectivity index (χ1v) is 7.16. The molecule has 0 N–H and O–H groups in total. The van der Waals surface area contributed by atoms with Crippen LogP contribution in [-0.4, -0.2) is 22.4 Å². The summed E-state index contributed by atoms with van der Waals surface area (Å²) in [5.74, 6) is 0. The molecule has 1 aromatic carbocycles. The number of fused-ring (bicyclic) bond motifs is 2. The van der Waals surface area contributed by atoms with Crippen molar-refractivity contribution in [3.05, 3.63) is 76.2 Å². The number of hydrogen-bond donors (Lipinski definition) is 0. The van der Waals surface area contributed by atoms with Gasteiger partial charge in [-0.25, -0.2) is 8.80 Å². The van der Waals surface area contributed by atoms with E-state index in [1.54, 1.807) is 21.4 Å². The summed E-state index contributed by atoms with van der Waals surface area (Å²) in [5, 5.41) is 0.544. The van der Waals surface area contributed by atoms with E-state index < -0.39 is 7.26 Å². The molecule has 0 spiro atoms. The molecule has 3 heterocycles. The van der Waals surface area contributed by atoms with E-state index in [4.69, 9.17) is 11.6 Å². The Morgan fingerprint density at radius 1 is 1.24 bits per heavy atom. The third-order valence-electron chi connectivity index (χ3n) is 3.91. The molecule has 0 saturated carbocycles. The zero-order valence-corrected chi connectivity index (χ0v) is 12.2. The van der Waals surface area contributed by atoms with E-state index in [1.165, 1.54) is 5.56 Å². The molecule has 0 bridgehead atoms. The van der Waals surface area contributed by atoms with Crippen molar-refractivity contribution < 1.29 is 8.80 Å². The third kappa shape index (κ3) is 1.83. The molecular weight excluding hydrogens is 285 g/mol. The molecule has 0 radical (unpaired) electrons. The normalized spacial score (nSPS) is 16.1. The van der Waals surface area contributed by atoms with Gasteiger partial charge in [0.15, 0.2) is 5.70 Å². The molecule has 21 heavy (non-hydrogen) atoms. The summed E-state index contributed by atoms with van der Waals surface area (Å²) in [4.78, 5) is 0. The average molecular weight is 298 g/mol. The molecule has 4 rings (SSSR count). The number of rotatable bonds is 1. The highest BCUT2D eigenvalue weighted by Crippen LogP contribution is 2.36. The third-order valence-corrected chi connectivity index (χ3v) is 4.11. The molecule has 0 unspecified atom stereocenters. The smallest absolute Gasteiger partial charge is 0.291 e. The van der Waals surface area contributed by atoms with Gasteiger partial charge >= 0.3 is 7.26 Å². The van der Waals surface area contributed by atoms with Gasteiger partial charge < -0.3 is 0 Å². The Morgan fingerprint density at radius 2 is 2.00 bits per heavy atom. The fraction of sp³-hybridized carbons (Fsp3) is 0.0625. The predicted molar refractivity (Wildman–Crippen MR) is 84.4 cm³/mol. The lowest BCUT2D eigenvalue weighted by molar-refractivity contribution is -0.329. The van der Waals surface area contributed by atoms with Crippen molar-refractivity contribution >= 4 is 30.6 Å². The summed E-state index contributed by atoms with van der Waals surface area (Å²) < 4.78 is 17.8. The Kier molecular flexibility index (Phi) is 2.69. The Balaban J connectivity index is 2.02. The maximum absolute atomic E-state index is 14.6. The van der Waals surface area contributed by atoms with Crippen LogP contribution in [0, 0.1) is 6.92 Å². The van der Waals surface area contributed by atoms with Crippen LogP contribution in [-0.2, 0) is 0 Å². The average Bonchev–Trinajstić information content (AvgIpc) is 3.08. The highest BCUT2D eigenvalue weighted by atomic mass is 35.5. The first kappa shape index (κ1) is 12.7. The topological polar surface area (TPSA) is 7.94 Å². The van der Waals surface area contributed by atoms with Crippen molar-refractivity contribution in [2.75, 3.05) is 0 Å². The lowest BCUT2D eigenvalue weighted by atomic mass is 9.90. The second-order valence-corrected chi connectivity index (χ2v) is 5.74. The van der Waals surface area contributed by atoms with Crippen LogP contribution in [0.25, 0.3) is 5.57 Å².